The van der Waals surface area contributed by atoms with Crippen LogP contribution in [-0.4, -0.2) is 18.1 Å². The lowest BCUT2D eigenvalue weighted by Crippen LogP contribution is -2.32. The minimum absolute atomic E-state index is 0.563. The van der Waals surface area contributed by atoms with Crippen molar-refractivity contribution in [2.24, 2.45) is 0 Å². The van der Waals surface area contributed by atoms with Crippen molar-refractivity contribution in [3.63, 3.8) is 0 Å². The van der Waals surface area contributed by atoms with Gasteiger partial charge in [0.25, 0.3) is 0 Å². The van der Waals surface area contributed by atoms with Gasteiger partial charge in [0.1, 0.15) is 0 Å². The molecule has 0 atom stereocenters. The van der Waals surface area contributed by atoms with Crippen LogP contribution in [0.3, 0.4) is 0 Å². The highest BCUT2D eigenvalue weighted by atomic mass is 35.5. The first-order valence-electron chi connectivity index (χ1n) is 6.32. The smallest absolute Gasteiger partial charge is 0.151 e. The number of nitrogens with zero attached hydrogens (tertiary/aromatic N) is 2. The molecule has 0 unspecified atom stereocenters. The lowest BCUT2D eigenvalue weighted by Gasteiger charge is -2.29. The molecule has 2 rings (SSSR count). The molecule has 2 N–H and O–H groups in total. The lowest BCUT2D eigenvalue weighted by atomic mass is 10.1. The van der Waals surface area contributed by atoms with Gasteiger partial charge in [-0.15, -0.1) is 0 Å². The summed E-state index contributed by atoms with van der Waals surface area (Å²) >= 11 is 5.87. The topological polar surface area (TPSA) is 42.2 Å². The van der Waals surface area contributed by atoms with Crippen LogP contribution in [0.15, 0.2) is 12.3 Å². The fraction of sp³-hybridized carbons (Fsp3) is 0.615. The molecule has 1 aromatic rings. The van der Waals surface area contributed by atoms with Gasteiger partial charge in [-0.05, 0) is 18.9 Å². The molecule has 4 heteroatoms. The molecule has 0 amide bonds. The molecule has 0 aliphatic heterocycles. The molecular formula is C13H20ClN3. The number of aromatic nitrogens is 1. The quantitative estimate of drug-likeness (QED) is 0.821. The zero-order chi connectivity index (χ0) is 12.3. The maximum absolute atomic E-state index is 5.98. The molecular weight excluding hydrogens is 234 g/mol. The Kier molecular flexibility index (Phi) is 4.11. The monoisotopic (exact) mass is 253 g/mol. The third-order valence-corrected chi connectivity index (χ3v) is 3.77. The first-order chi connectivity index (χ1) is 8.18. The van der Waals surface area contributed by atoms with Crippen molar-refractivity contribution in [2.75, 3.05) is 17.7 Å². The maximum atomic E-state index is 5.98. The molecule has 1 heterocycles. The normalized spacial score (nSPS) is 17.8. The van der Waals surface area contributed by atoms with Crippen molar-refractivity contribution >= 4 is 23.1 Å². The first kappa shape index (κ1) is 12.5. The van der Waals surface area contributed by atoms with Crippen LogP contribution in [0.2, 0.25) is 5.02 Å². The van der Waals surface area contributed by atoms with Crippen molar-refractivity contribution in [1.29, 1.82) is 0 Å². The van der Waals surface area contributed by atoms with Crippen molar-refractivity contribution < 1.29 is 0 Å². The summed E-state index contributed by atoms with van der Waals surface area (Å²) in [6.45, 7) is 0. The standard InChI is InChI=1S/C13H20ClN3/c1-17(11-6-4-2-3-5-7-11)13-12(15)8-10(14)9-16-13/h8-9,11H,2-7,15H2,1H3. The van der Waals surface area contributed by atoms with Crippen LogP contribution in [0.5, 0.6) is 0 Å². The average Bonchev–Trinajstić information content (AvgIpc) is 2.56. The highest BCUT2D eigenvalue weighted by Crippen LogP contribution is 2.28. The molecule has 17 heavy (non-hydrogen) atoms. The molecule has 0 aromatic carbocycles. The molecule has 3 nitrogen and oxygen atoms in total. The summed E-state index contributed by atoms with van der Waals surface area (Å²) in [7, 11) is 2.09. The van der Waals surface area contributed by atoms with E-state index in [2.05, 4.69) is 16.9 Å². The third kappa shape index (κ3) is 3.03. The van der Waals surface area contributed by atoms with E-state index in [0.29, 0.717) is 16.8 Å². The van der Waals surface area contributed by atoms with E-state index in [1.165, 1.54) is 38.5 Å². The molecule has 1 aromatic heterocycles. The molecule has 1 aliphatic rings. The SMILES string of the molecule is CN(c1ncc(Cl)cc1N)C1CCCCCC1. The molecule has 1 fully saturated rings. The third-order valence-electron chi connectivity index (χ3n) is 3.57. The van der Waals surface area contributed by atoms with Crippen LogP contribution >= 0.6 is 11.6 Å². The number of nitrogens with two attached hydrogens (primary N) is 1. The zero-order valence-corrected chi connectivity index (χ0v) is 11.1. The van der Waals surface area contributed by atoms with Crippen LogP contribution in [0.1, 0.15) is 38.5 Å². The van der Waals surface area contributed by atoms with E-state index in [0.717, 1.165) is 5.82 Å². The minimum Gasteiger partial charge on any atom is -0.396 e. The predicted octanol–water partition coefficient (Wildman–Crippen LogP) is 3.48. The largest absolute Gasteiger partial charge is 0.396 e. The minimum atomic E-state index is 0.563. The summed E-state index contributed by atoms with van der Waals surface area (Å²) in [6.07, 6.45) is 9.47. The Bertz CT molecular complexity index is 373. The zero-order valence-electron chi connectivity index (χ0n) is 10.3. The second-order valence-corrected chi connectivity index (χ2v) is 5.26. The number of nitrogen functional groups attached to an aromatic ring is 1. The summed E-state index contributed by atoms with van der Waals surface area (Å²) < 4.78 is 0. The van der Waals surface area contributed by atoms with Gasteiger partial charge < -0.3 is 10.6 Å². The van der Waals surface area contributed by atoms with Gasteiger partial charge in [0, 0.05) is 19.3 Å². The van der Waals surface area contributed by atoms with Gasteiger partial charge in [-0.25, -0.2) is 4.98 Å². The van der Waals surface area contributed by atoms with Gasteiger partial charge >= 0.3 is 0 Å². The van der Waals surface area contributed by atoms with Crippen molar-refractivity contribution in [1.82, 2.24) is 4.98 Å². The predicted molar refractivity (Wildman–Crippen MR) is 73.6 cm³/mol. The van der Waals surface area contributed by atoms with E-state index < -0.39 is 0 Å². The van der Waals surface area contributed by atoms with Gasteiger partial charge in [0.15, 0.2) is 5.82 Å². The fourth-order valence-electron chi connectivity index (χ4n) is 2.56. The average molecular weight is 254 g/mol. The van der Waals surface area contributed by atoms with Gasteiger partial charge in [-0.1, -0.05) is 37.3 Å². The van der Waals surface area contributed by atoms with E-state index in [9.17, 15) is 0 Å². The van der Waals surface area contributed by atoms with Gasteiger partial charge in [0.2, 0.25) is 0 Å². The van der Waals surface area contributed by atoms with Crippen molar-refractivity contribution in [3.05, 3.63) is 17.3 Å². The number of hydrogen-bond donors (Lipinski definition) is 1. The molecule has 0 saturated heterocycles. The van der Waals surface area contributed by atoms with E-state index in [1.807, 2.05) is 0 Å². The number of rotatable bonds is 2. The highest BCUT2D eigenvalue weighted by Gasteiger charge is 2.19. The van der Waals surface area contributed by atoms with E-state index in [-0.39, 0.29) is 0 Å². The van der Waals surface area contributed by atoms with Gasteiger partial charge in [0.05, 0.1) is 10.7 Å². The molecule has 1 aliphatic carbocycles. The van der Waals surface area contributed by atoms with E-state index >= 15 is 0 Å². The molecule has 0 spiro atoms. The Hall–Kier alpha value is -0.960. The second-order valence-electron chi connectivity index (χ2n) is 4.82. The number of pyridine rings is 1. The summed E-state index contributed by atoms with van der Waals surface area (Å²) in [5.41, 5.74) is 6.65. The fourth-order valence-corrected chi connectivity index (χ4v) is 2.73. The van der Waals surface area contributed by atoms with Crippen LogP contribution < -0.4 is 10.6 Å². The van der Waals surface area contributed by atoms with Crippen molar-refractivity contribution in [2.45, 2.75) is 44.6 Å². The van der Waals surface area contributed by atoms with Crippen LogP contribution in [0, 0.1) is 0 Å². The maximum Gasteiger partial charge on any atom is 0.151 e. The van der Waals surface area contributed by atoms with Gasteiger partial charge in [-0.2, -0.15) is 0 Å². The summed E-state index contributed by atoms with van der Waals surface area (Å²) in [5, 5.41) is 0.598. The van der Waals surface area contributed by atoms with E-state index in [1.54, 1.807) is 12.3 Å². The lowest BCUT2D eigenvalue weighted by molar-refractivity contribution is 0.550. The van der Waals surface area contributed by atoms with Crippen LogP contribution in [0.25, 0.3) is 0 Å². The number of anilines is 2. The van der Waals surface area contributed by atoms with Crippen LogP contribution in [-0.2, 0) is 0 Å². The summed E-state index contributed by atoms with van der Waals surface area (Å²) in [5.74, 6) is 0.862. The first-order valence-corrected chi connectivity index (χ1v) is 6.70. The Balaban J connectivity index is 2.14. The van der Waals surface area contributed by atoms with Gasteiger partial charge in [-0.3, -0.25) is 0 Å². The summed E-state index contributed by atoms with van der Waals surface area (Å²) in [4.78, 5) is 6.57. The summed E-state index contributed by atoms with van der Waals surface area (Å²) in [6, 6.07) is 2.34. The molecule has 1 saturated carbocycles. The van der Waals surface area contributed by atoms with E-state index in [4.69, 9.17) is 17.3 Å². The Labute approximate surface area is 108 Å². The Morgan fingerprint density at radius 3 is 2.53 bits per heavy atom. The van der Waals surface area contributed by atoms with Crippen molar-refractivity contribution in [3.8, 4) is 0 Å². The molecule has 0 radical (unpaired) electrons. The van der Waals surface area contributed by atoms with Crippen LogP contribution in [0.4, 0.5) is 11.5 Å². The highest BCUT2D eigenvalue weighted by molar-refractivity contribution is 6.30. The Morgan fingerprint density at radius 1 is 1.29 bits per heavy atom. The Morgan fingerprint density at radius 2 is 1.94 bits per heavy atom. The number of halogens is 1. The second kappa shape index (κ2) is 5.58. The number of hydrogen-bond acceptors (Lipinski definition) is 3. The molecule has 94 valence electrons. The molecule has 0 bridgehead atoms.